The molecule has 0 aromatic carbocycles. The Morgan fingerprint density at radius 1 is 1.53 bits per heavy atom. The van der Waals surface area contributed by atoms with Gasteiger partial charge < -0.3 is 20.7 Å². The largest absolute Gasteiger partial charge is 0.383 e. The lowest BCUT2D eigenvalue weighted by molar-refractivity contribution is -0.132. The minimum atomic E-state index is -0.332. The zero-order valence-electron chi connectivity index (χ0n) is 11.9. The van der Waals surface area contributed by atoms with Gasteiger partial charge in [-0.1, -0.05) is 0 Å². The molecular weight excluding hydrogens is 248 g/mol. The first-order valence-electron chi connectivity index (χ1n) is 6.56. The molecule has 1 aliphatic heterocycles. The Morgan fingerprint density at radius 2 is 2.26 bits per heavy atom. The molecule has 19 heavy (non-hydrogen) atoms. The van der Waals surface area contributed by atoms with E-state index in [9.17, 15) is 9.59 Å². The van der Waals surface area contributed by atoms with Gasteiger partial charge in [-0.15, -0.1) is 0 Å². The summed E-state index contributed by atoms with van der Waals surface area (Å²) in [6, 6.07) is -0.636. The number of nitrogens with one attached hydrogen (secondary N) is 3. The lowest BCUT2D eigenvalue weighted by Gasteiger charge is -2.38. The van der Waals surface area contributed by atoms with Crippen molar-refractivity contribution < 1.29 is 14.3 Å². The van der Waals surface area contributed by atoms with Gasteiger partial charge in [0.2, 0.25) is 11.8 Å². The second kappa shape index (κ2) is 8.08. The fourth-order valence-electron chi connectivity index (χ4n) is 2.17. The first-order chi connectivity index (χ1) is 9.11. The van der Waals surface area contributed by atoms with E-state index in [0.717, 1.165) is 6.54 Å². The van der Waals surface area contributed by atoms with Crippen LogP contribution in [-0.2, 0) is 14.3 Å². The average molecular weight is 272 g/mol. The maximum absolute atomic E-state index is 12.0. The predicted octanol–water partition coefficient (Wildman–Crippen LogP) is -1.84. The lowest BCUT2D eigenvalue weighted by Crippen LogP contribution is -2.62. The minimum absolute atomic E-state index is 0.0660. The van der Waals surface area contributed by atoms with E-state index in [1.807, 2.05) is 11.8 Å². The Morgan fingerprint density at radius 3 is 2.89 bits per heavy atom. The van der Waals surface area contributed by atoms with Crippen LogP contribution in [0, 0.1) is 0 Å². The van der Waals surface area contributed by atoms with Crippen LogP contribution < -0.4 is 16.0 Å². The zero-order chi connectivity index (χ0) is 14.3. The summed E-state index contributed by atoms with van der Waals surface area (Å²) >= 11 is 0. The van der Waals surface area contributed by atoms with Crippen molar-refractivity contribution >= 4 is 11.8 Å². The standard InChI is InChI=1S/C12H24N4O3/c1-9(11(17)15-5-7-19-3)16-6-4-14-8-10(16)12(18)13-2/h9-10,14H,4-8H2,1-3H3,(H,13,18)(H,15,17). The third-order valence-electron chi connectivity index (χ3n) is 3.32. The van der Waals surface area contributed by atoms with Crippen LogP contribution in [0.3, 0.4) is 0 Å². The average Bonchev–Trinajstić information content (AvgIpc) is 2.45. The van der Waals surface area contributed by atoms with Gasteiger partial charge >= 0.3 is 0 Å². The molecule has 0 radical (unpaired) electrons. The summed E-state index contributed by atoms with van der Waals surface area (Å²) < 4.78 is 4.89. The molecular formula is C12H24N4O3. The van der Waals surface area contributed by atoms with Crippen LogP contribution in [0.25, 0.3) is 0 Å². The first kappa shape index (κ1) is 15.9. The Bertz CT molecular complexity index is 311. The maximum atomic E-state index is 12.0. The number of nitrogens with zero attached hydrogens (tertiary/aromatic N) is 1. The molecule has 1 saturated heterocycles. The molecule has 0 aromatic heterocycles. The minimum Gasteiger partial charge on any atom is -0.383 e. The normalized spacial score (nSPS) is 21.7. The summed E-state index contributed by atoms with van der Waals surface area (Å²) in [5, 5.41) is 8.61. The van der Waals surface area contributed by atoms with E-state index in [1.165, 1.54) is 0 Å². The van der Waals surface area contributed by atoms with Gasteiger partial charge in [-0.2, -0.15) is 0 Å². The SMILES string of the molecule is CNC(=O)C1CNCCN1C(C)C(=O)NCCOC. The van der Waals surface area contributed by atoms with E-state index in [0.29, 0.717) is 26.2 Å². The number of ether oxygens (including phenoxy) is 1. The van der Waals surface area contributed by atoms with Gasteiger partial charge in [0.15, 0.2) is 0 Å². The zero-order valence-corrected chi connectivity index (χ0v) is 11.9. The van der Waals surface area contributed by atoms with Crippen molar-refractivity contribution in [3.8, 4) is 0 Å². The van der Waals surface area contributed by atoms with Crippen LogP contribution in [0.4, 0.5) is 0 Å². The molecule has 0 bridgehead atoms. The molecule has 1 fully saturated rings. The van der Waals surface area contributed by atoms with Crippen molar-refractivity contribution in [2.45, 2.75) is 19.0 Å². The topological polar surface area (TPSA) is 82.7 Å². The van der Waals surface area contributed by atoms with Gasteiger partial charge in [-0.25, -0.2) is 0 Å². The summed E-state index contributed by atoms with van der Waals surface area (Å²) in [7, 11) is 3.20. The van der Waals surface area contributed by atoms with Crippen molar-refractivity contribution in [1.29, 1.82) is 0 Å². The molecule has 7 nitrogen and oxygen atoms in total. The van der Waals surface area contributed by atoms with E-state index in [1.54, 1.807) is 14.2 Å². The van der Waals surface area contributed by atoms with Crippen molar-refractivity contribution in [3.63, 3.8) is 0 Å². The number of piperazine rings is 1. The van der Waals surface area contributed by atoms with Crippen molar-refractivity contribution in [2.24, 2.45) is 0 Å². The highest BCUT2D eigenvalue weighted by atomic mass is 16.5. The third kappa shape index (κ3) is 4.45. The fourth-order valence-corrected chi connectivity index (χ4v) is 2.17. The van der Waals surface area contributed by atoms with Crippen LogP contribution in [0.15, 0.2) is 0 Å². The molecule has 0 saturated carbocycles. The van der Waals surface area contributed by atoms with E-state index in [4.69, 9.17) is 4.74 Å². The summed E-state index contributed by atoms with van der Waals surface area (Å²) in [5.74, 6) is -0.142. The first-order valence-corrected chi connectivity index (χ1v) is 6.56. The van der Waals surface area contributed by atoms with E-state index in [-0.39, 0.29) is 23.9 Å². The Balaban J connectivity index is 2.58. The number of rotatable bonds is 6. The number of carbonyl (C=O) groups excluding carboxylic acids is 2. The van der Waals surface area contributed by atoms with Gasteiger partial charge in [-0.3, -0.25) is 14.5 Å². The highest BCUT2D eigenvalue weighted by Crippen LogP contribution is 2.09. The summed E-state index contributed by atoms with van der Waals surface area (Å²) in [6.45, 7) is 4.81. The van der Waals surface area contributed by atoms with Gasteiger partial charge in [0.05, 0.1) is 12.6 Å². The fraction of sp³-hybridized carbons (Fsp3) is 0.833. The van der Waals surface area contributed by atoms with Crippen molar-refractivity contribution in [3.05, 3.63) is 0 Å². The number of amides is 2. The second-order valence-corrected chi connectivity index (χ2v) is 4.53. The molecule has 0 spiro atoms. The summed E-state index contributed by atoms with van der Waals surface area (Å²) in [6.07, 6.45) is 0. The molecule has 1 aliphatic rings. The van der Waals surface area contributed by atoms with Gasteiger partial charge in [0.1, 0.15) is 6.04 Å². The molecule has 7 heteroatoms. The number of methoxy groups -OCH3 is 1. The van der Waals surface area contributed by atoms with Crippen LogP contribution in [0.1, 0.15) is 6.92 Å². The van der Waals surface area contributed by atoms with Crippen molar-refractivity contribution in [1.82, 2.24) is 20.9 Å². The Kier molecular flexibility index (Phi) is 6.75. The molecule has 2 amide bonds. The van der Waals surface area contributed by atoms with Gasteiger partial charge in [0.25, 0.3) is 0 Å². The molecule has 1 rings (SSSR count). The molecule has 110 valence electrons. The molecule has 1 heterocycles. The maximum Gasteiger partial charge on any atom is 0.238 e. The number of likely N-dealkylation sites (N-methyl/N-ethyl adjacent to an activating group) is 1. The van der Waals surface area contributed by atoms with Crippen LogP contribution >= 0.6 is 0 Å². The monoisotopic (exact) mass is 272 g/mol. The number of carbonyl (C=O) groups is 2. The number of hydrogen-bond acceptors (Lipinski definition) is 5. The Labute approximate surface area is 114 Å². The van der Waals surface area contributed by atoms with Gasteiger partial charge in [0, 0.05) is 40.3 Å². The highest BCUT2D eigenvalue weighted by molar-refractivity contribution is 5.85. The summed E-state index contributed by atoms with van der Waals surface area (Å²) in [5.41, 5.74) is 0. The molecule has 2 unspecified atom stereocenters. The second-order valence-electron chi connectivity index (χ2n) is 4.53. The molecule has 2 atom stereocenters. The van der Waals surface area contributed by atoms with Crippen molar-refractivity contribution in [2.75, 3.05) is 46.9 Å². The van der Waals surface area contributed by atoms with Crippen LogP contribution in [-0.4, -0.2) is 75.7 Å². The predicted molar refractivity (Wildman–Crippen MR) is 71.8 cm³/mol. The van der Waals surface area contributed by atoms with E-state index < -0.39 is 0 Å². The summed E-state index contributed by atoms with van der Waals surface area (Å²) in [4.78, 5) is 25.8. The lowest BCUT2D eigenvalue weighted by atomic mass is 10.1. The quantitative estimate of drug-likeness (QED) is 0.495. The Hall–Kier alpha value is -1.18. The smallest absolute Gasteiger partial charge is 0.238 e. The molecule has 3 N–H and O–H groups in total. The van der Waals surface area contributed by atoms with E-state index >= 15 is 0 Å². The van der Waals surface area contributed by atoms with Crippen LogP contribution in [0.5, 0.6) is 0 Å². The number of hydrogen-bond donors (Lipinski definition) is 3. The molecule has 0 aliphatic carbocycles. The van der Waals surface area contributed by atoms with E-state index in [2.05, 4.69) is 16.0 Å². The third-order valence-corrected chi connectivity index (χ3v) is 3.32. The van der Waals surface area contributed by atoms with Crippen LogP contribution in [0.2, 0.25) is 0 Å². The van der Waals surface area contributed by atoms with Gasteiger partial charge in [-0.05, 0) is 6.92 Å². The highest BCUT2D eigenvalue weighted by Gasteiger charge is 2.33. The molecule has 0 aromatic rings.